The second kappa shape index (κ2) is 6.43. The summed E-state index contributed by atoms with van der Waals surface area (Å²) in [6.07, 6.45) is 1.63. The molecule has 0 aromatic heterocycles. The maximum absolute atomic E-state index is 12.6. The van der Waals surface area contributed by atoms with Crippen molar-refractivity contribution in [3.8, 4) is 5.75 Å². The zero-order chi connectivity index (χ0) is 16.3. The fourth-order valence-electron chi connectivity index (χ4n) is 2.39. The lowest BCUT2D eigenvalue weighted by Gasteiger charge is -2.10. The number of benzene rings is 2. The van der Waals surface area contributed by atoms with Gasteiger partial charge in [0.05, 0.1) is 0 Å². The third kappa shape index (κ3) is 3.01. The quantitative estimate of drug-likeness (QED) is 0.829. The molecule has 0 unspecified atom stereocenters. The fourth-order valence-corrected chi connectivity index (χ4v) is 2.39. The monoisotopic (exact) mass is 298 g/mol. The third-order valence-electron chi connectivity index (χ3n) is 3.69. The van der Waals surface area contributed by atoms with E-state index in [0.717, 1.165) is 24.0 Å². The first-order chi connectivity index (χ1) is 10.5. The average molecular weight is 298 g/mol. The van der Waals surface area contributed by atoms with E-state index in [9.17, 15) is 14.7 Å². The molecule has 0 aliphatic rings. The van der Waals surface area contributed by atoms with Gasteiger partial charge in [-0.25, -0.2) is 4.79 Å². The number of carboxylic acid groups (broad SMARTS) is 1. The van der Waals surface area contributed by atoms with Gasteiger partial charge in [-0.05, 0) is 42.2 Å². The standard InChI is InChI=1S/C18H18O4/c1-3-11-5-7-14(12(4-2)9-11)17(20)13-6-8-15(18(21)22)16(19)10-13/h5-10,19H,3-4H2,1-2H3,(H,21,22). The van der Waals surface area contributed by atoms with Crippen LogP contribution in [0.1, 0.15) is 51.3 Å². The van der Waals surface area contributed by atoms with Gasteiger partial charge in [-0.2, -0.15) is 0 Å². The molecular weight excluding hydrogens is 280 g/mol. The molecule has 0 aliphatic carbocycles. The Morgan fingerprint density at radius 1 is 0.955 bits per heavy atom. The number of hydrogen-bond donors (Lipinski definition) is 2. The predicted molar refractivity (Wildman–Crippen MR) is 83.7 cm³/mol. The van der Waals surface area contributed by atoms with Crippen LogP contribution in [0.25, 0.3) is 0 Å². The Labute approximate surface area is 129 Å². The molecule has 0 fully saturated rings. The minimum absolute atomic E-state index is 0.214. The van der Waals surface area contributed by atoms with Crippen molar-refractivity contribution in [3.05, 3.63) is 64.2 Å². The van der Waals surface area contributed by atoms with Crippen molar-refractivity contribution in [3.63, 3.8) is 0 Å². The number of aryl methyl sites for hydroxylation is 2. The van der Waals surface area contributed by atoms with Crippen molar-refractivity contribution >= 4 is 11.8 Å². The summed E-state index contributed by atoms with van der Waals surface area (Å²) in [5, 5.41) is 18.6. The van der Waals surface area contributed by atoms with Crippen molar-refractivity contribution in [2.75, 3.05) is 0 Å². The highest BCUT2D eigenvalue weighted by Crippen LogP contribution is 2.23. The number of hydrogen-bond acceptors (Lipinski definition) is 3. The summed E-state index contributed by atoms with van der Waals surface area (Å²) in [4.78, 5) is 23.5. The van der Waals surface area contributed by atoms with E-state index in [0.29, 0.717) is 5.56 Å². The third-order valence-corrected chi connectivity index (χ3v) is 3.69. The number of carboxylic acids is 1. The van der Waals surface area contributed by atoms with Gasteiger partial charge in [0.15, 0.2) is 5.78 Å². The van der Waals surface area contributed by atoms with E-state index in [1.54, 1.807) is 6.07 Å². The highest BCUT2D eigenvalue weighted by atomic mass is 16.4. The Bertz CT molecular complexity index is 732. The van der Waals surface area contributed by atoms with Gasteiger partial charge in [0.2, 0.25) is 0 Å². The first-order valence-electron chi connectivity index (χ1n) is 7.20. The van der Waals surface area contributed by atoms with Crippen LogP contribution in [0.5, 0.6) is 5.75 Å². The second-order valence-corrected chi connectivity index (χ2v) is 5.06. The first kappa shape index (κ1) is 15.8. The number of rotatable bonds is 5. The van der Waals surface area contributed by atoms with Gasteiger partial charge in [0.1, 0.15) is 11.3 Å². The normalized spacial score (nSPS) is 10.5. The minimum atomic E-state index is -1.22. The van der Waals surface area contributed by atoms with Crippen LogP contribution >= 0.6 is 0 Å². The SMILES string of the molecule is CCc1ccc(C(=O)c2ccc(C(=O)O)c(O)c2)c(CC)c1. The number of aromatic hydroxyl groups is 1. The van der Waals surface area contributed by atoms with Gasteiger partial charge in [0, 0.05) is 11.1 Å². The Kier molecular flexibility index (Phi) is 4.61. The number of carbonyl (C=O) groups excluding carboxylic acids is 1. The Hall–Kier alpha value is -2.62. The molecule has 0 aliphatic heterocycles. The van der Waals surface area contributed by atoms with Crippen LogP contribution in [-0.2, 0) is 12.8 Å². The smallest absolute Gasteiger partial charge is 0.339 e. The van der Waals surface area contributed by atoms with Crippen molar-refractivity contribution in [1.82, 2.24) is 0 Å². The van der Waals surface area contributed by atoms with Gasteiger partial charge in [-0.3, -0.25) is 4.79 Å². The summed E-state index contributed by atoms with van der Waals surface area (Å²) in [7, 11) is 0. The molecule has 0 radical (unpaired) electrons. The van der Waals surface area contributed by atoms with E-state index in [1.165, 1.54) is 18.2 Å². The fraction of sp³-hybridized carbons (Fsp3) is 0.222. The molecule has 0 amide bonds. The summed E-state index contributed by atoms with van der Waals surface area (Å²) < 4.78 is 0. The molecule has 0 bridgehead atoms. The van der Waals surface area contributed by atoms with Crippen LogP contribution < -0.4 is 0 Å². The van der Waals surface area contributed by atoms with Crippen molar-refractivity contribution in [2.24, 2.45) is 0 Å². The lowest BCUT2D eigenvalue weighted by Crippen LogP contribution is -2.07. The molecule has 114 valence electrons. The van der Waals surface area contributed by atoms with Crippen molar-refractivity contribution < 1.29 is 19.8 Å². The van der Waals surface area contributed by atoms with Crippen molar-refractivity contribution in [1.29, 1.82) is 0 Å². The zero-order valence-electron chi connectivity index (χ0n) is 12.6. The second-order valence-electron chi connectivity index (χ2n) is 5.06. The number of phenols is 1. The highest BCUT2D eigenvalue weighted by molar-refractivity contribution is 6.10. The van der Waals surface area contributed by atoms with E-state index >= 15 is 0 Å². The van der Waals surface area contributed by atoms with Crippen LogP contribution in [0.4, 0.5) is 0 Å². The zero-order valence-corrected chi connectivity index (χ0v) is 12.6. The topological polar surface area (TPSA) is 74.6 Å². The van der Waals surface area contributed by atoms with E-state index < -0.39 is 11.7 Å². The summed E-state index contributed by atoms with van der Waals surface area (Å²) >= 11 is 0. The molecule has 0 heterocycles. The summed E-state index contributed by atoms with van der Waals surface area (Å²) in [5.41, 5.74) is 2.76. The molecule has 2 aromatic carbocycles. The number of carbonyl (C=O) groups is 2. The Morgan fingerprint density at radius 3 is 2.18 bits per heavy atom. The van der Waals surface area contributed by atoms with Crippen molar-refractivity contribution in [2.45, 2.75) is 26.7 Å². The lowest BCUT2D eigenvalue weighted by atomic mass is 9.94. The average Bonchev–Trinajstić information content (AvgIpc) is 2.53. The van der Waals surface area contributed by atoms with Crippen LogP contribution in [0.3, 0.4) is 0 Å². The molecule has 0 spiro atoms. The molecule has 2 aromatic rings. The van der Waals surface area contributed by atoms with E-state index in [-0.39, 0.29) is 16.9 Å². The van der Waals surface area contributed by atoms with Gasteiger partial charge in [-0.1, -0.05) is 32.0 Å². The lowest BCUT2D eigenvalue weighted by molar-refractivity contribution is 0.0693. The molecule has 2 rings (SSSR count). The molecule has 22 heavy (non-hydrogen) atoms. The van der Waals surface area contributed by atoms with Gasteiger partial charge in [0.25, 0.3) is 0 Å². The molecule has 2 N–H and O–H groups in total. The highest BCUT2D eigenvalue weighted by Gasteiger charge is 2.17. The van der Waals surface area contributed by atoms with Gasteiger partial charge < -0.3 is 10.2 Å². The van der Waals surface area contributed by atoms with Crippen LogP contribution in [0, 0.1) is 0 Å². The maximum atomic E-state index is 12.6. The molecule has 0 saturated heterocycles. The number of aromatic carboxylic acids is 1. The predicted octanol–water partition coefficient (Wildman–Crippen LogP) is 3.45. The van der Waals surface area contributed by atoms with Crippen LogP contribution in [-0.4, -0.2) is 22.0 Å². The molecule has 0 saturated carbocycles. The number of ketones is 1. The minimum Gasteiger partial charge on any atom is -0.507 e. The summed E-state index contributed by atoms with van der Waals surface area (Å²) in [5.74, 6) is -1.84. The first-order valence-corrected chi connectivity index (χ1v) is 7.20. The largest absolute Gasteiger partial charge is 0.507 e. The van der Waals surface area contributed by atoms with E-state index in [1.807, 2.05) is 19.1 Å². The Morgan fingerprint density at radius 2 is 1.64 bits per heavy atom. The summed E-state index contributed by atoms with van der Waals surface area (Å²) in [6.45, 7) is 4.04. The Balaban J connectivity index is 2.44. The molecule has 4 heteroatoms. The van der Waals surface area contributed by atoms with Gasteiger partial charge >= 0.3 is 5.97 Å². The van der Waals surface area contributed by atoms with Crippen LogP contribution in [0.2, 0.25) is 0 Å². The summed E-state index contributed by atoms with van der Waals surface area (Å²) in [6, 6.07) is 9.60. The molecular formula is C18H18O4. The molecule has 0 atom stereocenters. The van der Waals surface area contributed by atoms with E-state index in [2.05, 4.69) is 6.92 Å². The van der Waals surface area contributed by atoms with E-state index in [4.69, 9.17) is 5.11 Å². The molecule has 4 nitrogen and oxygen atoms in total. The van der Waals surface area contributed by atoms with Crippen LogP contribution in [0.15, 0.2) is 36.4 Å². The van der Waals surface area contributed by atoms with Gasteiger partial charge in [-0.15, -0.1) is 0 Å². The maximum Gasteiger partial charge on any atom is 0.339 e.